The van der Waals surface area contributed by atoms with Gasteiger partial charge in [0, 0.05) is 0 Å². The molecule has 1 amide bonds. The smallest absolute Gasteiger partial charge is 0.261 e. The van der Waals surface area contributed by atoms with Crippen LogP contribution in [0.5, 0.6) is 11.5 Å². The average molecular weight is 355 g/mol. The minimum atomic E-state index is -0.511. The lowest BCUT2D eigenvalue weighted by Crippen LogP contribution is -2.44. The Morgan fingerprint density at radius 1 is 1.08 bits per heavy atom. The molecular formula is C22H29NO3. The molecule has 2 aromatic carbocycles. The van der Waals surface area contributed by atoms with Crippen LogP contribution in [0.4, 0.5) is 0 Å². The Labute approximate surface area is 156 Å². The molecule has 4 nitrogen and oxygen atoms in total. The van der Waals surface area contributed by atoms with Crippen molar-refractivity contribution >= 4 is 5.91 Å². The first-order chi connectivity index (χ1) is 12.5. The Kier molecular flexibility index (Phi) is 7.52. The predicted molar refractivity (Wildman–Crippen MR) is 105 cm³/mol. The lowest BCUT2D eigenvalue weighted by atomic mass is 10.1. The second-order valence-electron chi connectivity index (χ2n) is 6.50. The molecule has 26 heavy (non-hydrogen) atoms. The van der Waals surface area contributed by atoms with Gasteiger partial charge in [-0.05, 0) is 56.0 Å². The molecule has 0 saturated heterocycles. The average Bonchev–Trinajstić information content (AvgIpc) is 2.65. The summed E-state index contributed by atoms with van der Waals surface area (Å²) < 4.78 is 11.7. The predicted octanol–water partition coefficient (Wildman–Crippen LogP) is 4.30. The van der Waals surface area contributed by atoms with E-state index in [1.54, 1.807) is 0 Å². The number of carbonyl (C=O) groups excluding carboxylic acids is 1. The monoisotopic (exact) mass is 355 g/mol. The molecule has 0 aromatic heterocycles. The molecule has 1 N–H and O–H groups in total. The van der Waals surface area contributed by atoms with E-state index < -0.39 is 6.10 Å². The fraction of sp³-hybridized carbons (Fsp3) is 0.409. The lowest BCUT2D eigenvalue weighted by Gasteiger charge is -2.21. The molecule has 0 radical (unpaired) electrons. The van der Waals surface area contributed by atoms with Crippen LogP contribution in [-0.4, -0.2) is 24.7 Å². The summed E-state index contributed by atoms with van der Waals surface area (Å²) in [6.07, 6.45) is 1.08. The normalized spacial score (nSPS) is 12.9. The highest BCUT2D eigenvalue weighted by Gasteiger charge is 2.20. The van der Waals surface area contributed by atoms with Gasteiger partial charge >= 0.3 is 0 Å². The van der Waals surface area contributed by atoms with Crippen LogP contribution >= 0.6 is 0 Å². The molecule has 0 spiro atoms. The van der Waals surface area contributed by atoms with Gasteiger partial charge in [-0.3, -0.25) is 4.79 Å². The summed E-state index contributed by atoms with van der Waals surface area (Å²) >= 11 is 0. The van der Waals surface area contributed by atoms with Crippen LogP contribution in [0.1, 0.15) is 38.3 Å². The number of aryl methyl sites for hydroxylation is 2. The van der Waals surface area contributed by atoms with Crippen molar-refractivity contribution in [2.24, 2.45) is 0 Å². The maximum absolute atomic E-state index is 12.5. The van der Waals surface area contributed by atoms with Crippen molar-refractivity contribution < 1.29 is 14.3 Å². The summed E-state index contributed by atoms with van der Waals surface area (Å²) in [7, 11) is 0. The Bertz CT molecular complexity index is 697. The van der Waals surface area contributed by atoms with Gasteiger partial charge in [0.15, 0.2) is 6.10 Å². The van der Waals surface area contributed by atoms with Gasteiger partial charge in [-0.1, -0.05) is 44.2 Å². The van der Waals surface area contributed by atoms with Crippen LogP contribution in [0.2, 0.25) is 0 Å². The highest BCUT2D eigenvalue weighted by atomic mass is 16.5. The van der Waals surface area contributed by atoms with E-state index in [1.807, 2.05) is 69.3 Å². The molecule has 0 saturated carbocycles. The SMILES string of the molecule is CCc1ccc(OC(CC)C(=O)NC(C)COc2ccccc2C)cc1. The van der Waals surface area contributed by atoms with Crippen molar-refractivity contribution in [2.75, 3.05) is 6.61 Å². The van der Waals surface area contributed by atoms with Crippen molar-refractivity contribution in [3.63, 3.8) is 0 Å². The van der Waals surface area contributed by atoms with Gasteiger partial charge in [-0.2, -0.15) is 0 Å². The maximum Gasteiger partial charge on any atom is 0.261 e. The number of para-hydroxylation sites is 1. The Morgan fingerprint density at radius 3 is 2.38 bits per heavy atom. The first-order valence-electron chi connectivity index (χ1n) is 9.27. The van der Waals surface area contributed by atoms with Crippen LogP contribution in [0, 0.1) is 6.92 Å². The molecule has 0 heterocycles. The zero-order chi connectivity index (χ0) is 18.9. The molecule has 4 heteroatoms. The number of benzene rings is 2. The summed E-state index contributed by atoms with van der Waals surface area (Å²) in [6, 6.07) is 15.6. The fourth-order valence-electron chi connectivity index (χ4n) is 2.60. The second-order valence-corrected chi connectivity index (χ2v) is 6.50. The molecule has 0 bridgehead atoms. The molecule has 2 rings (SSSR count). The minimum absolute atomic E-state index is 0.109. The third-order valence-electron chi connectivity index (χ3n) is 4.24. The van der Waals surface area contributed by atoms with E-state index in [1.165, 1.54) is 5.56 Å². The van der Waals surface area contributed by atoms with E-state index in [0.29, 0.717) is 18.8 Å². The van der Waals surface area contributed by atoms with Crippen molar-refractivity contribution in [1.82, 2.24) is 5.32 Å². The van der Waals surface area contributed by atoms with Crippen LogP contribution in [0.25, 0.3) is 0 Å². The summed E-state index contributed by atoms with van der Waals surface area (Å²) in [6.45, 7) is 8.40. The van der Waals surface area contributed by atoms with Gasteiger partial charge in [0.05, 0.1) is 6.04 Å². The number of nitrogens with one attached hydrogen (secondary N) is 1. The summed E-state index contributed by atoms with van der Waals surface area (Å²) in [5.74, 6) is 1.44. The van der Waals surface area contributed by atoms with Crippen LogP contribution in [0.3, 0.4) is 0 Å². The van der Waals surface area contributed by atoms with E-state index in [2.05, 4.69) is 12.2 Å². The Balaban J connectivity index is 1.85. The molecule has 0 fully saturated rings. The number of ether oxygens (including phenoxy) is 2. The number of hydrogen-bond donors (Lipinski definition) is 1. The van der Waals surface area contributed by atoms with E-state index in [0.717, 1.165) is 17.7 Å². The highest BCUT2D eigenvalue weighted by Crippen LogP contribution is 2.17. The van der Waals surface area contributed by atoms with Gasteiger partial charge in [0.2, 0.25) is 0 Å². The fourth-order valence-corrected chi connectivity index (χ4v) is 2.60. The third kappa shape index (κ3) is 5.80. The topological polar surface area (TPSA) is 47.6 Å². The van der Waals surface area contributed by atoms with E-state index in [4.69, 9.17) is 9.47 Å². The molecule has 140 valence electrons. The quantitative estimate of drug-likeness (QED) is 0.729. The Morgan fingerprint density at radius 2 is 1.77 bits per heavy atom. The number of amides is 1. The zero-order valence-corrected chi connectivity index (χ0v) is 16.1. The largest absolute Gasteiger partial charge is 0.491 e. The van der Waals surface area contributed by atoms with Gasteiger partial charge < -0.3 is 14.8 Å². The lowest BCUT2D eigenvalue weighted by molar-refractivity contribution is -0.128. The number of rotatable bonds is 9. The Hall–Kier alpha value is -2.49. The van der Waals surface area contributed by atoms with Crippen molar-refractivity contribution in [2.45, 2.75) is 52.7 Å². The molecule has 0 aliphatic rings. The van der Waals surface area contributed by atoms with Gasteiger partial charge in [0.1, 0.15) is 18.1 Å². The second kappa shape index (κ2) is 9.85. The molecule has 2 atom stereocenters. The van der Waals surface area contributed by atoms with Gasteiger partial charge in [-0.15, -0.1) is 0 Å². The van der Waals surface area contributed by atoms with Gasteiger partial charge in [0.25, 0.3) is 5.91 Å². The third-order valence-corrected chi connectivity index (χ3v) is 4.24. The minimum Gasteiger partial charge on any atom is -0.491 e. The van der Waals surface area contributed by atoms with Gasteiger partial charge in [-0.25, -0.2) is 0 Å². The molecule has 2 aromatic rings. The van der Waals surface area contributed by atoms with Crippen molar-refractivity contribution in [1.29, 1.82) is 0 Å². The van der Waals surface area contributed by atoms with Crippen molar-refractivity contribution in [3.05, 3.63) is 59.7 Å². The first-order valence-corrected chi connectivity index (χ1v) is 9.27. The highest BCUT2D eigenvalue weighted by molar-refractivity contribution is 5.81. The maximum atomic E-state index is 12.5. The zero-order valence-electron chi connectivity index (χ0n) is 16.1. The van der Waals surface area contributed by atoms with E-state index in [-0.39, 0.29) is 11.9 Å². The first kappa shape index (κ1) is 19.8. The van der Waals surface area contributed by atoms with E-state index in [9.17, 15) is 4.79 Å². The number of carbonyl (C=O) groups is 1. The van der Waals surface area contributed by atoms with Crippen LogP contribution in [-0.2, 0) is 11.2 Å². The summed E-state index contributed by atoms with van der Waals surface area (Å²) in [5, 5.41) is 2.97. The summed E-state index contributed by atoms with van der Waals surface area (Å²) in [4.78, 5) is 12.5. The van der Waals surface area contributed by atoms with E-state index >= 15 is 0 Å². The molecule has 0 aliphatic heterocycles. The summed E-state index contributed by atoms with van der Waals surface area (Å²) in [5.41, 5.74) is 2.33. The number of hydrogen-bond acceptors (Lipinski definition) is 3. The standard InChI is InChI=1S/C22H29NO3/c1-5-18-11-13-19(14-12-18)26-20(6-2)22(24)23-17(4)15-25-21-10-8-7-9-16(21)3/h7-14,17,20H,5-6,15H2,1-4H3,(H,23,24). The molecule has 2 unspecified atom stereocenters. The molecule has 0 aliphatic carbocycles. The molecular weight excluding hydrogens is 326 g/mol. The van der Waals surface area contributed by atoms with Crippen LogP contribution in [0.15, 0.2) is 48.5 Å². The van der Waals surface area contributed by atoms with Crippen molar-refractivity contribution in [3.8, 4) is 11.5 Å². The van der Waals surface area contributed by atoms with Crippen LogP contribution < -0.4 is 14.8 Å².